The fourth-order valence-corrected chi connectivity index (χ4v) is 2.80. The molecule has 1 unspecified atom stereocenters. The summed E-state index contributed by atoms with van der Waals surface area (Å²) < 4.78 is 5.76. The first-order valence-corrected chi connectivity index (χ1v) is 6.93. The summed E-state index contributed by atoms with van der Waals surface area (Å²) in [6, 6.07) is 12.7. The SMILES string of the molecule is Cc1cccc2cc(C(O)c3cc(Cl)cc(Cl)c3)oc12. The van der Waals surface area contributed by atoms with E-state index in [2.05, 4.69) is 0 Å². The minimum absolute atomic E-state index is 0.479. The first-order valence-electron chi connectivity index (χ1n) is 6.18. The number of hydrogen-bond acceptors (Lipinski definition) is 2. The van der Waals surface area contributed by atoms with Gasteiger partial charge in [0.1, 0.15) is 17.4 Å². The van der Waals surface area contributed by atoms with Gasteiger partial charge in [-0.15, -0.1) is 0 Å². The number of hydrogen-bond donors (Lipinski definition) is 1. The number of aliphatic hydroxyl groups is 1. The fraction of sp³-hybridized carbons (Fsp3) is 0.125. The minimum atomic E-state index is -0.891. The normalized spacial score (nSPS) is 12.8. The number of benzene rings is 2. The summed E-state index contributed by atoms with van der Waals surface area (Å²) in [6.45, 7) is 1.97. The van der Waals surface area contributed by atoms with Crippen molar-refractivity contribution >= 4 is 34.2 Å². The highest BCUT2D eigenvalue weighted by Gasteiger charge is 2.17. The summed E-state index contributed by atoms with van der Waals surface area (Å²) in [5.74, 6) is 0.479. The molecule has 2 nitrogen and oxygen atoms in total. The summed E-state index contributed by atoms with van der Waals surface area (Å²) >= 11 is 11.9. The third kappa shape index (κ3) is 2.42. The Morgan fingerprint density at radius 1 is 1.05 bits per heavy atom. The lowest BCUT2D eigenvalue weighted by atomic mass is 10.1. The lowest BCUT2D eigenvalue weighted by Crippen LogP contribution is -1.97. The van der Waals surface area contributed by atoms with Crippen molar-refractivity contribution in [3.8, 4) is 0 Å². The lowest BCUT2D eigenvalue weighted by molar-refractivity contribution is 0.192. The van der Waals surface area contributed by atoms with Crippen molar-refractivity contribution < 1.29 is 9.52 Å². The number of aliphatic hydroxyl groups excluding tert-OH is 1. The van der Waals surface area contributed by atoms with Crippen LogP contribution in [0.5, 0.6) is 0 Å². The van der Waals surface area contributed by atoms with Gasteiger partial charge in [0.05, 0.1) is 0 Å². The van der Waals surface area contributed by atoms with Gasteiger partial charge < -0.3 is 9.52 Å². The molecule has 1 atom stereocenters. The van der Waals surface area contributed by atoms with Gasteiger partial charge in [-0.3, -0.25) is 0 Å². The van der Waals surface area contributed by atoms with Crippen LogP contribution < -0.4 is 0 Å². The Kier molecular flexibility index (Phi) is 3.47. The van der Waals surface area contributed by atoms with Crippen LogP contribution in [-0.2, 0) is 0 Å². The van der Waals surface area contributed by atoms with Gasteiger partial charge in [-0.05, 0) is 42.3 Å². The van der Waals surface area contributed by atoms with E-state index in [1.54, 1.807) is 18.2 Å². The summed E-state index contributed by atoms with van der Waals surface area (Å²) in [4.78, 5) is 0. The molecule has 102 valence electrons. The second-order valence-electron chi connectivity index (χ2n) is 4.75. The van der Waals surface area contributed by atoms with Crippen LogP contribution in [0.1, 0.15) is 23.0 Å². The van der Waals surface area contributed by atoms with Crippen molar-refractivity contribution in [1.29, 1.82) is 0 Å². The Morgan fingerprint density at radius 3 is 2.40 bits per heavy atom. The molecule has 0 spiro atoms. The first-order chi connectivity index (χ1) is 9.54. The van der Waals surface area contributed by atoms with Crippen LogP contribution in [-0.4, -0.2) is 5.11 Å². The molecular formula is C16H12Cl2O2. The van der Waals surface area contributed by atoms with Gasteiger partial charge in [0, 0.05) is 15.4 Å². The number of halogens is 2. The van der Waals surface area contributed by atoms with Crippen molar-refractivity contribution in [3.05, 3.63) is 69.4 Å². The Balaban J connectivity index is 2.07. The molecule has 0 radical (unpaired) electrons. The van der Waals surface area contributed by atoms with Gasteiger partial charge in [-0.1, -0.05) is 41.4 Å². The molecule has 0 aliphatic heterocycles. The highest BCUT2D eigenvalue weighted by molar-refractivity contribution is 6.34. The van der Waals surface area contributed by atoms with E-state index in [0.29, 0.717) is 21.4 Å². The quantitative estimate of drug-likeness (QED) is 0.712. The van der Waals surface area contributed by atoms with Gasteiger partial charge in [0.15, 0.2) is 0 Å². The molecule has 0 aliphatic carbocycles. The lowest BCUT2D eigenvalue weighted by Gasteiger charge is -2.09. The molecule has 1 heterocycles. The molecule has 1 N–H and O–H groups in total. The number of fused-ring (bicyclic) bond motifs is 1. The molecule has 2 aromatic carbocycles. The molecule has 1 aromatic heterocycles. The topological polar surface area (TPSA) is 33.4 Å². The maximum Gasteiger partial charge on any atom is 0.138 e. The van der Waals surface area contributed by atoms with Crippen LogP contribution >= 0.6 is 23.2 Å². The summed E-state index contributed by atoms with van der Waals surface area (Å²) in [5.41, 5.74) is 2.43. The van der Waals surface area contributed by atoms with Crippen molar-refractivity contribution in [3.63, 3.8) is 0 Å². The zero-order valence-corrected chi connectivity index (χ0v) is 12.2. The summed E-state index contributed by atoms with van der Waals surface area (Å²) in [6.07, 6.45) is -0.891. The van der Waals surface area contributed by atoms with Crippen LogP contribution in [0, 0.1) is 6.92 Å². The molecule has 3 rings (SSSR count). The van der Waals surface area contributed by atoms with Crippen LogP contribution in [0.15, 0.2) is 46.9 Å². The zero-order chi connectivity index (χ0) is 14.3. The van der Waals surface area contributed by atoms with E-state index in [1.807, 2.05) is 31.2 Å². The van der Waals surface area contributed by atoms with Crippen molar-refractivity contribution in [2.24, 2.45) is 0 Å². The monoisotopic (exact) mass is 306 g/mol. The van der Waals surface area contributed by atoms with E-state index in [0.717, 1.165) is 16.5 Å². The predicted octanol–water partition coefficient (Wildman–Crippen LogP) is 5.13. The average Bonchev–Trinajstić information content (AvgIpc) is 2.82. The average molecular weight is 307 g/mol. The fourth-order valence-electron chi connectivity index (χ4n) is 2.26. The Morgan fingerprint density at radius 2 is 1.75 bits per heavy atom. The molecule has 0 saturated heterocycles. The molecular weight excluding hydrogens is 295 g/mol. The summed E-state index contributed by atoms with van der Waals surface area (Å²) in [5, 5.41) is 12.4. The third-order valence-electron chi connectivity index (χ3n) is 3.23. The van der Waals surface area contributed by atoms with Gasteiger partial charge in [-0.2, -0.15) is 0 Å². The zero-order valence-electron chi connectivity index (χ0n) is 10.7. The van der Waals surface area contributed by atoms with E-state index < -0.39 is 6.10 Å². The molecule has 3 aromatic rings. The van der Waals surface area contributed by atoms with Crippen LogP contribution in [0.4, 0.5) is 0 Å². The van der Waals surface area contributed by atoms with E-state index in [4.69, 9.17) is 27.6 Å². The minimum Gasteiger partial charge on any atom is -0.458 e. The second-order valence-corrected chi connectivity index (χ2v) is 5.62. The van der Waals surface area contributed by atoms with Crippen LogP contribution in [0.3, 0.4) is 0 Å². The molecule has 0 amide bonds. The molecule has 20 heavy (non-hydrogen) atoms. The predicted molar refractivity (Wildman–Crippen MR) is 81.5 cm³/mol. The maximum absolute atomic E-state index is 10.4. The van der Waals surface area contributed by atoms with Crippen LogP contribution in [0.25, 0.3) is 11.0 Å². The molecule has 0 bridgehead atoms. The van der Waals surface area contributed by atoms with E-state index >= 15 is 0 Å². The molecule has 0 fully saturated rings. The smallest absolute Gasteiger partial charge is 0.138 e. The molecule has 4 heteroatoms. The Labute approximate surface area is 126 Å². The van der Waals surface area contributed by atoms with Crippen molar-refractivity contribution in [2.45, 2.75) is 13.0 Å². The third-order valence-corrected chi connectivity index (χ3v) is 3.67. The number of rotatable bonds is 2. The standard InChI is InChI=1S/C16H12Cl2O2/c1-9-3-2-4-10-7-14(20-16(9)10)15(19)11-5-12(17)8-13(18)6-11/h2-8,15,19H,1H3. The van der Waals surface area contributed by atoms with E-state index in [1.165, 1.54) is 0 Å². The van der Waals surface area contributed by atoms with Gasteiger partial charge in [0.2, 0.25) is 0 Å². The van der Waals surface area contributed by atoms with Crippen molar-refractivity contribution in [1.82, 2.24) is 0 Å². The van der Waals surface area contributed by atoms with E-state index in [-0.39, 0.29) is 0 Å². The highest BCUT2D eigenvalue weighted by Crippen LogP contribution is 2.32. The number of aryl methyl sites for hydroxylation is 1. The first kappa shape index (κ1) is 13.5. The van der Waals surface area contributed by atoms with Crippen molar-refractivity contribution in [2.75, 3.05) is 0 Å². The highest BCUT2D eigenvalue weighted by atomic mass is 35.5. The van der Waals surface area contributed by atoms with Gasteiger partial charge >= 0.3 is 0 Å². The van der Waals surface area contributed by atoms with Gasteiger partial charge in [-0.25, -0.2) is 0 Å². The molecule has 0 saturated carbocycles. The Bertz CT molecular complexity index is 757. The number of furan rings is 1. The summed E-state index contributed by atoms with van der Waals surface area (Å²) in [7, 11) is 0. The largest absolute Gasteiger partial charge is 0.458 e. The second kappa shape index (κ2) is 5.13. The van der Waals surface area contributed by atoms with Gasteiger partial charge in [0.25, 0.3) is 0 Å². The molecule has 0 aliphatic rings. The maximum atomic E-state index is 10.4. The van der Waals surface area contributed by atoms with E-state index in [9.17, 15) is 5.11 Å². The number of para-hydroxylation sites is 1. The Hall–Kier alpha value is -1.48. The van der Waals surface area contributed by atoms with Crippen LogP contribution in [0.2, 0.25) is 10.0 Å².